The van der Waals surface area contributed by atoms with Gasteiger partial charge < -0.3 is 10.6 Å². The third-order valence-electron chi connectivity index (χ3n) is 2.85. The zero-order valence-electron chi connectivity index (χ0n) is 9.20. The molecule has 1 aromatic carbocycles. The van der Waals surface area contributed by atoms with Crippen LogP contribution in [0.4, 0.5) is 11.4 Å². The smallest absolute Gasteiger partial charge is 0.0515 e. The Morgan fingerprint density at radius 3 is 2.62 bits per heavy atom. The molecule has 1 aromatic rings. The number of nitrogens with zero attached hydrogens (tertiary/aromatic N) is 1. The molecule has 0 atom stereocenters. The Balaban J connectivity index is 2.26. The summed E-state index contributed by atoms with van der Waals surface area (Å²) in [6.07, 6.45) is 0. The Morgan fingerprint density at radius 1 is 1.38 bits per heavy atom. The molecule has 0 saturated carbocycles. The molecule has 16 heavy (non-hydrogen) atoms. The van der Waals surface area contributed by atoms with Gasteiger partial charge in [0.1, 0.15) is 0 Å². The highest BCUT2D eigenvalue weighted by Crippen LogP contribution is 2.31. The van der Waals surface area contributed by atoms with Crippen molar-refractivity contribution in [2.75, 3.05) is 35.2 Å². The summed E-state index contributed by atoms with van der Waals surface area (Å²) in [5, 5.41) is 0. The lowest BCUT2D eigenvalue weighted by atomic mass is 10.1. The molecule has 0 spiro atoms. The van der Waals surface area contributed by atoms with Gasteiger partial charge in [0.05, 0.1) is 5.69 Å². The monoisotopic (exact) mass is 302 g/mol. The van der Waals surface area contributed by atoms with E-state index in [2.05, 4.69) is 26.9 Å². The zero-order valence-corrected chi connectivity index (χ0v) is 11.6. The fourth-order valence-corrected chi connectivity index (χ4v) is 3.47. The zero-order chi connectivity index (χ0) is 11.7. The molecule has 1 saturated heterocycles. The molecule has 0 radical (unpaired) electrons. The van der Waals surface area contributed by atoms with Crippen molar-refractivity contribution < 1.29 is 4.21 Å². The number of hydrogen-bond acceptors (Lipinski definition) is 3. The molecule has 2 rings (SSSR count). The minimum atomic E-state index is -0.633. The van der Waals surface area contributed by atoms with E-state index in [1.54, 1.807) is 0 Å². The van der Waals surface area contributed by atoms with E-state index in [0.29, 0.717) is 0 Å². The normalized spacial score (nSPS) is 17.8. The molecule has 0 amide bonds. The van der Waals surface area contributed by atoms with E-state index in [1.807, 2.05) is 13.0 Å². The van der Waals surface area contributed by atoms with Crippen LogP contribution in [0.1, 0.15) is 5.56 Å². The minimum absolute atomic E-state index is 0.633. The molecular formula is C11H15BrN2OS. The fraction of sp³-hybridized carbons (Fsp3) is 0.455. The third kappa shape index (κ3) is 2.40. The Morgan fingerprint density at radius 2 is 2.00 bits per heavy atom. The van der Waals surface area contributed by atoms with E-state index in [0.717, 1.165) is 46.0 Å². The van der Waals surface area contributed by atoms with Crippen LogP contribution in [0.2, 0.25) is 0 Å². The first-order valence-electron chi connectivity index (χ1n) is 5.23. The molecule has 1 aliphatic rings. The first-order chi connectivity index (χ1) is 7.58. The number of aryl methyl sites for hydroxylation is 1. The quantitative estimate of drug-likeness (QED) is 0.806. The second-order valence-corrected chi connectivity index (χ2v) is 6.55. The molecule has 1 fully saturated rings. The highest BCUT2D eigenvalue weighted by Gasteiger charge is 2.18. The molecule has 0 aromatic heterocycles. The Labute approximate surface area is 107 Å². The van der Waals surface area contributed by atoms with Gasteiger partial charge in [0.25, 0.3) is 0 Å². The van der Waals surface area contributed by atoms with Gasteiger partial charge in [-0.3, -0.25) is 4.21 Å². The summed E-state index contributed by atoms with van der Waals surface area (Å²) in [4.78, 5) is 2.26. The summed E-state index contributed by atoms with van der Waals surface area (Å²) in [6, 6.07) is 4.03. The van der Waals surface area contributed by atoms with Gasteiger partial charge in [0, 0.05) is 45.6 Å². The average molecular weight is 303 g/mol. The number of anilines is 2. The second kappa shape index (κ2) is 4.75. The molecule has 0 unspecified atom stereocenters. The third-order valence-corrected chi connectivity index (χ3v) is 4.76. The fourth-order valence-electron chi connectivity index (χ4n) is 1.80. The minimum Gasteiger partial charge on any atom is -0.398 e. The number of nitrogens with two attached hydrogens (primary N) is 1. The lowest BCUT2D eigenvalue weighted by molar-refractivity contribution is 0.673. The topological polar surface area (TPSA) is 46.3 Å². The van der Waals surface area contributed by atoms with Crippen LogP contribution in [-0.2, 0) is 10.8 Å². The van der Waals surface area contributed by atoms with Crippen LogP contribution in [0.25, 0.3) is 0 Å². The van der Waals surface area contributed by atoms with E-state index in [4.69, 9.17) is 5.73 Å². The van der Waals surface area contributed by atoms with Gasteiger partial charge in [0.15, 0.2) is 0 Å². The van der Waals surface area contributed by atoms with Crippen molar-refractivity contribution in [3.63, 3.8) is 0 Å². The van der Waals surface area contributed by atoms with Gasteiger partial charge in [-0.2, -0.15) is 0 Å². The number of hydrogen-bond donors (Lipinski definition) is 1. The van der Waals surface area contributed by atoms with Crippen molar-refractivity contribution in [2.24, 2.45) is 0 Å². The molecule has 0 bridgehead atoms. The lowest BCUT2D eigenvalue weighted by Crippen LogP contribution is -2.37. The molecule has 3 nitrogen and oxygen atoms in total. The molecule has 0 aliphatic carbocycles. The van der Waals surface area contributed by atoms with Gasteiger partial charge >= 0.3 is 0 Å². The van der Waals surface area contributed by atoms with Crippen LogP contribution in [0, 0.1) is 6.92 Å². The Hall–Kier alpha value is -0.550. The summed E-state index contributed by atoms with van der Waals surface area (Å²) in [5.41, 5.74) is 8.89. The van der Waals surface area contributed by atoms with E-state index < -0.39 is 10.8 Å². The highest BCUT2D eigenvalue weighted by molar-refractivity contribution is 9.10. The first-order valence-corrected chi connectivity index (χ1v) is 7.51. The summed E-state index contributed by atoms with van der Waals surface area (Å²) >= 11 is 3.53. The van der Waals surface area contributed by atoms with E-state index in [-0.39, 0.29) is 0 Å². The first kappa shape index (κ1) is 11.9. The predicted molar refractivity (Wildman–Crippen MR) is 73.4 cm³/mol. The van der Waals surface area contributed by atoms with Crippen molar-refractivity contribution in [3.05, 3.63) is 22.2 Å². The SMILES string of the molecule is Cc1cc(N2CCS(=O)CC2)c(Br)cc1N. The Bertz CT molecular complexity index is 426. The van der Waals surface area contributed by atoms with Crippen molar-refractivity contribution in [1.29, 1.82) is 0 Å². The lowest BCUT2D eigenvalue weighted by Gasteiger charge is -2.29. The van der Waals surface area contributed by atoms with Gasteiger partial charge in [0.2, 0.25) is 0 Å². The molecule has 1 aliphatic heterocycles. The Kier molecular flexibility index (Phi) is 3.54. The van der Waals surface area contributed by atoms with E-state index >= 15 is 0 Å². The number of benzene rings is 1. The van der Waals surface area contributed by atoms with E-state index in [9.17, 15) is 4.21 Å². The summed E-state index contributed by atoms with van der Waals surface area (Å²) in [6.45, 7) is 3.72. The van der Waals surface area contributed by atoms with Crippen molar-refractivity contribution in [3.8, 4) is 0 Å². The molecule has 2 N–H and O–H groups in total. The largest absolute Gasteiger partial charge is 0.398 e. The van der Waals surface area contributed by atoms with Crippen LogP contribution in [0.15, 0.2) is 16.6 Å². The predicted octanol–water partition coefficient (Wildman–Crippen LogP) is 1.91. The standard InChI is InChI=1S/C11H15BrN2OS/c1-8-6-11(9(12)7-10(8)13)14-2-4-16(15)5-3-14/h6-7H,2-5,13H2,1H3. The molecule has 88 valence electrons. The summed E-state index contributed by atoms with van der Waals surface area (Å²) in [7, 11) is -0.633. The van der Waals surface area contributed by atoms with Crippen LogP contribution < -0.4 is 10.6 Å². The van der Waals surface area contributed by atoms with Crippen LogP contribution in [0.3, 0.4) is 0 Å². The van der Waals surface area contributed by atoms with Gasteiger partial charge in [-0.15, -0.1) is 0 Å². The summed E-state index contributed by atoms with van der Waals surface area (Å²) < 4.78 is 12.3. The van der Waals surface area contributed by atoms with Crippen molar-refractivity contribution in [1.82, 2.24) is 0 Å². The van der Waals surface area contributed by atoms with Crippen LogP contribution >= 0.6 is 15.9 Å². The number of rotatable bonds is 1. The van der Waals surface area contributed by atoms with Crippen molar-refractivity contribution >= 4 is 38.1 Å². The van der Waals surface area contributed by atoms with Gasteiger partial charge in [-0.05, 0) is 40.5 Å². The maximum absolute atomic E-state index is 11.3. The van der Waals surface area contributed by atoms with E-state index in [1.165, 1.54) is 0 Å². The van der Waals surface area contributed by atoms with Crippen LogP contribution in [-0.4, -0.2) is 28.8 Å². The van der Waals surface area contributed by atoms with Gasteiger partial charge in [-0.25, -0.2) is 0 Å². The summed E-state index contributed by atoms with van der Waals surface area (Å²) in [5.74, 6) is 1.52. The second-order valence-electron chi connectivity index (χ2n) is 4.00. The van der Waals surface area contributed by atoms with Gasteiger partial charge in [-0.1, -0.05) is 0 Å². The maximum Gasteiger partial charge on any atom is 0.0515 e. The molecular weight excluding hydrogens is 288 g/mol. The van der Waals surface area contributed by atoms with Crippen LogP contribution in [0.5, 0.6) is 0 Å². The number of halogens is 1. The maximum atomic E-state index is 11.3. The van der Waals surface area contributed by atoms with Crippen molar-refractivity contribution in [2.45, 2.75) is 6.92 Å². The molecule has 1 heterocycles. The average Bonchev–Trinajstić information content (AvgIpc) is 2.25. The number of nitrogen functional groups attached to an aromatic ring is 1. The molecule has 5 heteroatoms. The highest BCUT2D eigenvalue weighted by atomic mass is 79.9.